The molecule has 0 radical (unpaired) electrons. The van der Waals surface area contributed by atoms with Crippen LogP contribution in [0.3, 0.4) is 0 Å². The number of anilines is 2. The van der Waals surface area contributed by atoms with Crippen molar-refractivity contribution < 1.29 is 14.3 Å². The smallest absolute Gasteiger partial charge is 0.221 e. The highest BCUT2D eigenvalue weighted by molar-refractivity contribution is 7.80. The summed E-state index contributed by atoms with van der Waals surface area (Å²) in [5.74, 6) is 1.20. The van der Waals surface area contributed by atoms with Gasteiger partial charge < -0.3 is 29.6 Å². The first kappa shape index (κ1) is 26.2. The number of thiocarbonyl (C=S) groups is 1. The van der Waals surface area contributed by atoms with Gasteiger partial charge in [-0.15, -0.1) is 0 Å². The van der Waals surface area contributed by atoms with Crippen LogP contribution in [0.1, 0.15) is 41.7 Å². The Labute approximate surface area is 233 Å². The number of nitrogens with one attached hydrogen (secondary N) is 2. The van der Waals surface area contributed by atoms with E-state index < -0.39 is 0 Å². The molecule has 1 saturated heterocycles. The zero-order valence-electron chi connectivity index (χ0n) is 22.6. The van der Waals surface area contributed by atoms with Crippen LogP contribution in [0.5, 0.6) is 11.5 Å². The van der Waals surface area contributed by atoms with Crippen LogP contribution in [0, 0.1) is 13.8 Å². The molecule has 0 unspecified atom stereocenters. The maximum Gasteiger partial charge on any atom is 0.221 e. The highest BCUT2D eigenvalue weighted by Crippen LogP contribution is 2.45. The van der Waals surface area contributed by atoms with Gasteiger partial charge in [-0.05, 0) is 92.3 Å². The quantitative estimate of drug-likeness (QED) is 0.293. The van der Waals surface area contributed by atoms with Crippen molar-refractivity contribution in [2.24, 2.45) is 0 Å². The molecule has 4 aromatic rings. The number of carbonyl (C=O) groups is 1. The average Bonchev–Trinajstić information content (AvgIpc) is 3.43. The zero-order valence-corrected chi connectivity index (χ0v) is 23.4. The molecule has 1 fully saturated rings. The van der Waals surface area contributed by atoms with E-state index in [1.165, 1.54) is 6.92 Å². The van der Waals surface area contributed by atoms with E-state index in [-0.39, 0.29) is 18.0 Å². The fourth-order valence-corrected chi connectivity index (χ4v) is 5.64. The lowest BCUT2D eigenvalue weighted by molar-refractivity contribution is -0.114. The molecule has 3 heterocycles. The number of hydrogen-bond donors (Lipinski definition) is 2. The lowest BCUT2D eigenvalue weighted by atomic mass is 9.96. The van der Waals surface area contributed by atoms with Gasteiger partial charge in [0, 0.05) is 35.9 Å². The van der Waals surface area contributed by atoms with Crippen LogP contribution in [0.2, 0.25) is 0 Å². The Morgan fingerprint density at radius 2 is 1.74 bits per heavy atom. The topological polar surface area (TPSA) is 80.7 Å². The minimum atomic E-state index is -0.204. The fraction of sp³-hybridized carbons (Fsp3) is 0.233. The molecule has 1 aliphatic rings. The van der Waals surface area contributed by atoms with E-state index in [1.54, 1.807) is 20.4 Å². The van der Waals surface area contributed by atoms with E-state index in [0.29, 0.717) is 16.5 Å². The Morgan fingerprint density at radius 1 is 1.00 bits per heavy atom. The third kappa shape index (κ3) is 4.93. The number of benzene rings is 2. The van der Waals surface area contributed by atoms with Crippen LogP contribution in [0.4, 0.5) is 11.4 Å². The van der Waals surface area contributed by atoms with Crippen molar-refractivity contribution in [2.75, 3.05) is 24.4 Å². The van der Waals surface area contributed by atoms with Crippen molar-refractivity contribution in [1.29, 1.82) is 0 Å². The lowest BCUT2D eigenvalue weighted by Gasteiger charge is -2.29. The van der Waals surface area contributed by atoms with E-state index in [2.05, 4.69) is 57.1 Å². The summed E-state index contributed by atoms with van der Waals surface area (Å²) < 4.78 is 13.1. The molecule has 2 aromatic carbocycles. The predicted molar refractivity (Wildman–Crippen MR) is 157 cm³/mol. The van der Waals surface area contributed by atoms with Gasteiger partial charge in [-0.3, -0.25) is 9.78 Å². The normalized spacial score (nSPS) is 16.6. The van der Waals surface area contributed by atoms with Gasteiger partial charge >= 0.3 is 0 Å². The van der Waals surface area contributed by atoms with E-state index in [1.807, 2.05) is 48.5 Å². The van der Waals surface area contributed by atoms with E-state index in [4.69, 9.17) is 21.7 Å². The summed E-state index contributed by atoms with van der Waals surface area (Å²) in [6.07, 6.45) is 1.79. The van der Waals surface area contributed by atoms with Gasteiger partial charge in [0.1, 0.15) is 11.5 Å². The van der Waals surface area contributed by atoms with Gasteiger partial charge in [-0.25, -0.2) is 0 Å². The number of aromatic nitrogens is 2. The predicted octanol–water partition coefficient (Wildman–Crippen LogP) is 5.64. The van der Waals surface area contributed by atoms with Crippen LogP contribution in [0.25, 0.3) is 5.69 Å². The number of pyridine rings is 1. The average molecular weight is 542 g/mol. The summed E-state index contributed by atoms with van der Waals surface area (Å²) >= 11 is 5.92. The largest absolute Gasteiger partial charge is 0.497 e. The van der Waals surface area contributed by atoms with Gasteiger partial charge in [-0.1, -0.05) is 6.07 Å². The Bertz CT molecular complexity index is 1520. The van der Waals surface area contributed by atoms with E-state index >= 15 is 0 Å². The number of carbonyl (C=O) groups excluding carboxylic acids is 1. The van der Waals surface area contributed by atoms with E-state index in [9.17, 15) is 4.79 Å². The van der Waals surface area contributed by atoms with Crippen LogP contribution in [0.15, 0.2) is 72.9 Å². The Balaban J connectivity index is 1.66. The second kappa shape index (κ2) is 10.8. The van der Waals surface area contributed by atoms with Crippen molar-refractivity contribution in [2.45, 2.75) is 32.9 Å². The molecule has 0 bridgehead atoms. The highest BCUT2D eigenvalue weighted by Gasteiger charge is 2.42. The number of aryl methyl sites for hydroxylation is 1. The number of rotatable bonds is 7. The number of amides is 1. The Morgan fingerprint density at radius 3 is 2.38 bits per heavy atom. The number of hydrogen-bond acceptors (Lipinski definition) is 5. The van der Waals surface area contributed by atoms with Crippen LogP contribution < -0.4 is 25.0 Å². The molecule has 0 spiro atoms. The Kier molecular flexibility index (Phi) is 7.26. The maximum absolute atomic E-state index is 11.9. The molecule has 2 atom stereocenters. The molecule has 39 heavy (non-hydrogen) atoms. The van der Waals surface area contributed by atoms with Crippen LogP contribution in [-0.4, -0.2) is 34.8 Å². The third-order valence-corrected chi connectivity index (χ3v) is 7.30. The van der Waals surface area contributed by atoms with Crippen LogP contribution in [-0.2, 0) is 4.79 Å². The third-order valence-electron chi connectivity index (χ3n) is 6.99. The summed E-state index contributed by atoms with van der Waals surface area (Å²) in [6, 6.07) is 21.4. The minimum absolute atomic E-state index is 0.182. The van der Waals surface area contributed by atoms with Crippen molar-refractivity contribution in [1.82, 2.24) is 14.9 Å². The summed E-state index contributed by atoms with van der Waals surface area (Å²) in [4.78, 5) is 18.7. The van der Waals surface area contributed by atoms with Crippen molar-refractivity contribution in [3.05, 3.63) is 95.6 Å². The second-order valence-electron chi connectivity index (χ2n) is 9.42. The SMILES string of the molecule is COc1ccc(-n2c(C)cc([C@H]3[C@@H](c4ccccn4)NC(=S)N3c3ccc(OC)c(NC(C)=O)c3)c2C)cc1. The number of ether oxygens (including phenoxy) is 2. The number of nitrogens with zero attached hydrogens (tertiary/aromatic N) is 3. The lowest BCUT2D eigenvalue weighted by Crippen LogP contribution is -2.29. The standard InChI is InChI=1S/C30H31N5O3S/c1-18-16-24(19(2)34(18)21-9-12-23(37-4)13-10-21)29-28(25-8-6-7-15-31-25)33-30(39)35(29)22-11-14-27(38-5)26(17-22)32-20(3)36/h6-17,28-29H,1-5H3,(H,32,36)(H,33,39)/t28-,29+/m1/s1. The molecular weight excluding hydrogens is 510 g/mol. The Hall–Kier alpha value is -4.37. The van der Waals surface area contributed by atoms with E-state index in [0.717, 1.165) is 39.8 Å². The molecule has 1 amide bonds. The molecule has 5 rings (SSSR count). The summed E-state index contributed by atoms with van der Waals surface area (Å²) in [6.45, 7) is 5.70. The first-order valence-electron chi connectivity index (χ1n) is 12.6. The maximum atomic E-state index is 11.9. The van der Waals surface area contributed by atoms with Gasteiger partial charge in [-0.2, -0.15) is 0 Å². The molecule has 2 N–H and O–H groups in total. The fourth-order valence-electron chi connectivity index (χ4n) is 5.30. The molecule has 8 nitrogen and oxygen atoms in total. The molecule has 1 aliphatic heterocycles. The molecule has 2 aromatic heterocycles. The summed E-state index contributed by atoms with van der Waals surface area (Å²) in [7, 11) is 3.24. The zero-order chi connectivity index (χ0) is 27.7. The molecule has 200 valence electrons. The van der Waals surface area contributed by atoms with Gasteiger partial charge in [0.05, 0.1) is 37.7 Å². The highest BCUT2D eigenvalue weighted by atomic mass is 32.1. The first-order chi connectivity index (χ1) is 18.8. The molecule has 0 saturated carbocycles. The van der Waals surface area contributed by atoms with Gasteiger partial charge in [0.15, 0.2) is 5.11 Å². The molecular formula is C30H31N5O3S. The first-order valence-corrected chi connectivity index (χ1v) is 13.0. The van der Waals surface area contributed by atoms with Crippen molar-refractivity contribution >= 4 is 34.6 Å². The summed E-state index contributed by atoms with van der Waals surface area (Å²) in [5.41, 5.74) is 6.64. The molecule has 9 heteroatoms. The monoisotopic (exact) mass is 541 g/mol. The number of methoxy groups -OCH3 is 2. The minimum Gasteiger partial charge on any atom is -0.497 e. The molecule has 0 aliphatic carbocycles. The second-order valence-corrected chi connectivity index (χ2v) is 9.81. The van der Waals surface area contributed by atoms with Gasteiger partial charge in [0.2, 0.25) is 5.91 Å². The summed E-state index contributed by atoms with van der Waals surface area (Å²) in [5, 5.41) is 6.97. The van der Waals surface area contributed by atoms with Gasteiger partial charge in [0.25, 0.3) is 0 Å². The van der Waals surface area contributed by atoms with Crippen molar-refractivity contribution in [3.63, 3.8) is 0 Å². The van der Waals surface area contributed by atoms with Crippen molar-refractivity contribution in [3.8, 4) is 17.2 Å². The van der Waals surface area contributed by atoms with Crippen LogP contribution >= 0.6 is 12.2 Å².